The molecule has 0 saturated carbocycles. The first-order chi connectivity index (χ1) is 4.24. The van der Waals surface area contributed by atoms with Crippen LogP contribution in [0.5, 0.6) is 0 Å². The molecule has 0 aromatic rings. The Morgan fingerprint density at radius 2 is 1.11 bits per heavy atom. The molecule has 0 heterocycles. The summed E-state index contributed by atoms with van der Waals surface area (Å²) in [5.41, 5.74) is 0.667. The van der Waals surface area contributed by atoms with E-state index in [4.69, 9.17) is 9.59 Å². The Bertz CT molecular complexity index is 45.8. The van der Waals surface area contributed by atoms with Gasteiger partial charge in [-0.05, 0) is 11.2 Å². The van der Waals surface area contributed by atoms with Crippen molar-refractivity contribution in [3.05, 3.63) is 0 Å². The van der Waals surface area contributed by atoms with Gasteiger partial charge < -0.3 is 34.8 Å². The zero-order valence-electron chi connectivity index (χ0n) is 5.29. The third-order valence-corrected chi connectivity index (χ3v) is 0. The normalized spacial score (nSPS) is 3.78. The first-order valence-corrected chi connectivity index (χ1v) is 8.59. The molecule has 0 fully saturated rings. The van der Waals surface area contributed by atoms with E-state index in [1.54, 1.807) is 0 Å². The molecule has 0 atom stereocenters. The molecule has 5 heteroatoms. The van der Waals surface area contributed by atoms with Crippen molar-refractivity contribution in [1.29, 1.82) is 0 Å². The van der Waals surface area contributed by atoms with Crippen LogP contribution < -0.4 is 0 Å². The summed E-state index contributed by atoms with van der Waals surface area (Å²) in [5.74, 6) is 0. The van der Waals surface area contributed by atoms with Gasteiger partial charge in [-0.1, -0.05) is 0 Å². The summed E-state index contributed by atoms with van der Waals surface area (Å²) in [4.78, 5) is 21.8. The van der Waals surface area contributed by atoms with Gasteiger partial charge in [-0.15, -0.1) is 0 Å². The fraction of sp³-hybridized carbons (Fsp3) is 0.500. The van der Waals surface area contributed by atoms with Crippen LogP contribution in [0.4, 0.5) is 0 Å². The van der Waals surface area contributed by atoms with Gasteiger partial charge in [0, 0.05) is 0 Å². The third-order valence-electron chi connectivity index (χ3n) is 0. The van der Waals surface area contributed by atoms with Crippen LogP contribution in [0.1, 0.15) is 0 Å². The second-order valence-corrected chi connectivity index (χ2v) is 3.93. The summed E-state index contributed by atoms with van der Waals surface area (Å²) in [6.07, 6.45) is 0. The average molecular weight is 271 g/mol. The molecule has 0 bridgehead atoms. The zero-order chi connectivity index (χ0) is 8.12. The molecule has 0 aromatic heterocycles. The topological polar surface area (TPSA) is 34.1 Å². The van der Waals surface area contributed by atoms with Crippen molar-refractivity contribution >= 4 is 57.6 Å². The molecule has 0 spiro atoms. The Balaban J connectivity index is -0.0000000600. The molecule has 2 nitrogen and oxygen atoms in total. The van der Waals surface area contributed by atoms with E-state index in [-0.39, 0.29) is 21.1 Å². The summed E-state index contributed by atoms with van der Waals surface area (Å²) < 4.78 is 0. The summed E-state index contributed by atoms with van der Waals surface area (Å²) in [7, 11) is 0. The number of hydrogen-bond donors (Lipinski definition) is 0. The fourth-order valence-electron chi connectivity index (χ4n) is 0. The van der Waals surface area contributed by atoms with Gasteiger partial charge in [-0.3, -0.25) is 0 Å². The molecular weight excluding hydrogens is 263 g/mol. The Hall–Kier alpha value is 0.579. The van der Waals surface area contributed by atoms with E-state index in [1.165, 1.54) is 0 Å². The van der Waals surface area contributed by atoms with Crippen LogP contribution in [0.15, 0.2) is 0 Å². The number of rotatable bonds is 0. The molecule has 0 aliphatic rings. The maximum absolute atomic E-state index is 8.62. The van der Waals surface area contributed by atoms with Crippen LogP contribution in [0, 0.1) is 0 Å². The molecule has 0 rings (SSSR count). The molecule has 0 aliphatic carbocycles. The molecule has 0 radical (unpaired) electrons. The fourth-order valence-corrected chi connectivity index (χ4v) is 0. The van der Waals surface area contributed by atoms with Gasteiger partial charge >= 0.3 is 31.0 Å². The Morgan fingerprint density at radius 3 is 1.11 bits per heavy atom. The van der Waals surface area contributed by atoms with Crippen molar-refractivity contribution in [1.82, 2.24) is 0 Å². The summed E-state index contributed by atoms with van der Waals surface area (Å²) in [5, 5.41) is 0. The maximum atomic E-state index is 8.62. The predicted octanol–water partition coefficient (Wildman–Crippen LogP) is 0.234. The zero-order valence-corrected chi connectivity index (χ0v) is 9.77. The van der Waals surface area contributed by atoms with Crippen LogP contribution in [0.3, 0.4) is 0 Å². The van der Waals surface area contributed by atoms with Crippen molar-refractivity contribution < 1.29 is 9.59 Å². The van der Waals surface area contributed by atoms with Crippen molar-refractivity contribution in [2.24, 2.45) is 0 Å². The van der Waals surface area contributed by atoms with Crippen LogP contribution in [0.2, 0.25) is 9.88 Å². The van der Waals surface area contributed by atoms with E-state index in [0.29, 0.717) is 11.2 Å². The van der Waals surface area contributed by atoms with E-state index in [9.17, 15) is 0 Å². The minimum atomic E-state index is 0.230. The first-order valence-electron chi connectivity index (χ1n) is 1.94. The van der Waals surface area contributed by atoms with Crippen LogP contribution in [-0.4, -0.2) is 32.4 Å². The van der Waals surface area contributed by atoms with Gasteiger partial charge in [-0.2, -0.15) is 0 Å². The standard InChI is InChI=1S/2CH2OS.2CH3.Sn/c2*2-1-3;;;/h2*1H,(H,2,3);2*1H3;/q;;;;+2/p-2. The number of carbonyl (C=O) groups excluding carboxylic acids is 2. The van der Waals surface area contributed by atoms with E-state index >= 15 is 0 Å². The first kappa shape index (κ1) is 16.3. The quantitative estimate of drug-likeness (QED) is 0.359. The van der Waals surface area contributed by atoms with E-state index in [0.717, 1.165) is 0 Å². The monoisotopic (exact) mass is 272 g/mol. The molecule has 0 amide bonds. The van der Waals surface area contributed by atoms with E-state index in [1.807, 2.05) is 0 Å². The summed E-state index contributed by atoms with van der Waals surface area (Å²) in [6, 6.07) is 0. The van der Waals surface area contributed by atoms with Gasteiger partial charge in [-0.25, -0.2) is 0 Å². The van der Waals surface area contributed by atoms with Crippen molar-refractivity contribution in [2.45, 2.75) is 9.88 Å². The second-order valence-electron chi connectivity index (χ2n) is 0.692. The van der Waals surface area contributed by atoms with Crippen LogP contribution >= 0.6 is 0 Å². The second kappa shape index (κ2) is 38.5. The molecule has 0 aliphatic heterocycles. The summed E-state index contributed by atoms with van der Waals surface area (Å²) >= 11 is 7.66. The molecule has 0 unspecified atom stereocenters. The van der Waals surface area contributed by atoms with Crippen LogP contribution in [0.25, 0.3) is 0 Å². The minimum absolute atomic E-state index is 0.230. The van der Waals surface area contributed by atoms with Gasteiger partial charge in [0.25, 0.3) is 0 Å². The third kappa shape index (κ3) is 1110. The molecule has 9 heavy (non-hydrogen) atoms. The Kier molecular flexibility index (Phi) is 69.6. The molecule has 0 N–H and O–H groups in total. The summed E-state index contributed by atoms with van der Waals surface area (Å²) in [6.45, 7) is 0. The molecular formula is C4H8O2S2Sn. The van der Waals surface area contributed by atoms with Gasteiger partial charge in [0.2, 0.25) is 0 Å². The molecule has 0 saturated heterocycles. The van der Waals surface area contributed by atoms with Gasteiger partial charge in [0.15, 0.2) is 0 Å². The van der Waals surface area contributed by atoms with Gasteiger partial charge in [0.1, 0.15) is 0 Å². The Labute approximate surface area is 76.8 Å². The molecule has 52 valence electrons. The Morgan fingerprint density at radius 1 is 1.11 bits per heavy atom. The van der Waals surface area contributed by atoms with Crippen LogP contribution in [-0.2, 0) is 34.8 Å². The SMILES string of the molecule is O=C[S-].O=C[S-].[CH3][Sn+2][CH3]. The van der Waals surface area contributed by atoms with Crippen molar-refractivity contribution in [3.63, 3.8) is 0 Å². The molecule has 0 aromatic carbocycles. The van der Waals surface area contributed by atoms with Crippen molar-refractivity contribution in [3.8, 4) is 0 Å². The predicted molar refractivity (Wildman–Crippen MR) is 45.7 cm³/mol. The van der Waals surface area contributed by atoms with Crippen molar-refractivity contribution in [2.75, 3.05) is 0 Å². The van der Waals surface area contributed by atoms with E-state index in [2.05, 4.69) is 35.1 Å². The van der Waals surface area contributed by atoms with E-state index < -0.39 is 0 Å². The van der Waals surface area contributed by atoms with Gasteiger partial charge in [0.05, 0.1) is 0 Å². The number of carbonyl (C=O) groups is 2. The average Bonchev–Trinajstić information content (AvgIpc) is 1.70. The number of hydrogen-bond acceptors (Lipinski definition) is 4.